The Kier molecular flexibility index (Phi) is 11.0. The van der Waals surface area contributed by atoms with Gasteiger partial charge in [0, 0.05) is 5.56 Å². The van der Waals surface area contributed by atoms with E-state index in [1.54, 1.807) is 18.2 Å². The number of hydrogen-bond acceptors (Lipinski definition) is 6. The Morgan fingerprint density at radius 2 is 1.62 bits per heavy atom. The highest BCUT2D eigenvalue weighted by Gasteiger charge is 2.38. The van der Waals surface area contributed by atoms with E-state index < -0.39 is 24.1 Å². The van der Waals surface area contributed by atoms with Gasteiger partial charge in [-0.2, -0.15) is 0 Å². The summed E-state index contributed by atoms with van der Waals surface area (Å²) in [6, 6.07) is 4.86. The maximum absolute atomic E-state index is 12.4. The van der Waals surface area contributed by atoms with Gasteiger partial charge in [0.05, 0.1) is 25.8 Å². The lowest BCUT2D eigenvalue weighted by Gasteiger charge is -2.15. The van der Waals surface area contributed by atoms with Crippen molar-refractivity contribution >= 4 is 18.0 Å². The van der Waals surface area contributed by atoms with Crippen LogP contribution in [0.3, 0.4) is 0 Å². The number of cyclic esters (lactones) is 1. The number of carbonyl (C=O) groups excluding carboxylic acids is 3. The highest BCUT2D eigenvalue weighted by Crippen LogP contribution is 2.25. The van der Waals surface area contributed by atoms with Gasteiger partial charge in [-0.25, -0.2) is 14.5 Å². The standard InChI is InChI=1S/C25H37NO6/c1-4-5-6-7-8-9-10-11-12-13-16-31-24(28)20-14-15-22(30-3)21(17-20)18-26-23(27)19(2)32-25(26)29/h14-15,17,19H,4-13,16,18H2,1-3H3. The van der Waals surface area contributed by atoms with Gasteiger partial charge in [0.15, 0.2) is 6.10 Å². The van der Waals surface area contributed by atoms with Gasteiger partial charge in [-0.15, -0.1) is 0 Å². The molecule has 0 aliphatic carbocycles. The fourth-order valence-corrected chi connectivity index (χ4v) is 3.75. The number of carbonyl (C=O) groups is 3. The van der Waals surface area contributed by atoms with E-state index in [9.17, 15) is 14.4 Å². The average Bonchev–Trinajstić information content (AvgIpc) is 3.03. The first-order chi connectivity index (χ1) is 15.5. The van der Waals surface area contributed by atoms with Crippen molar-refractivity contribution in [1.29, 1.82) is 0 Å². The SMILES string of the molecule is CCCCCCCCCCCCOC(=O)c1ccc(OC)c(CN2C(=O)OC(C)C2=O)c1. The largest absolute Gasteiger partial charge is 0.496 e. The third-order valence-corrected chi connectivity index (χ3v) is 5.69. The smallest absolute Gasteiger partial charge is 0.417 e. The molecule has 2 rings (SSSR count). The monoisotopic (exact) mass is 447 g/mol. The van der Waals surface area contributed by atoms with Crippen LogP contribution in [0, 0.1) is 0 Å². The fourth-order valence-electron chi connectivity index (χ4n) is 3.75. The zero-order chi connectivity index (χ0) is 23.3. The van der Waals surface area contributed by atoms with Crippen LogP contribution in [0.5, 0.6) is 5.75 Å². The van der Waals surface area contributed by atoms with Crippen molar-refractivity contribution in [2.45, 2.75) is 90.7 Å². The van der Waals surface area contributed by atoms with Gasteiger partial charge in [-0.3, -0.25) is 4.79 Å². The van der Waals surface area contributed by atoms with E-state index in [1.807, 2.05) is 0 Å². The lowest BCUT2D eigenvalue weighted by Crippen LogP contribution is -2.30. The molecular weight excluding hydrogens is 410 g/mol. The molecule has 1 aliphatic heterocycles. The molecular formula is C25H37NO6. The third kappa shape index (κ3) is 7.84. The zero-order valence-electron chi connectivity index (χ0n) is 19.7. The van der Waals surface area contributed by atoms with Crippen LogP contribution in [-0.4, -0.2) is 42.7 Å². The van der Waals surface area contributed by atoms with E-state index in [1.165, 1.54) is 59.0 Å². The topological polar surface area (TPSA) is 82.1 Å². The highest BCUT2D eigenvalue weighted by atomic mass is 16.6. The number of imide groups is 1. The van der Waals surface area contributed by atoms with Gasteiger partial charge in [0.1, 0.15) is 5.75 Å². The van der Waals surface area contributed by atoms with Crippen LogP contribution >= 0.6 is 0 Å². The van der Waals surface area contributed by atoms with Crippen LogP contribution in [0.4, 0.5) is 4.79 Å². The van der Waals surface area contributed by atoms with Crippen LogP contribution in [-0.2, 0) is 20.8 Å². The lowest BCUT2D eigenvalue weighted by atomic mass is 10.1. The molecule has 7 nitrogen and oxygen atoms in total. The van der Waals surface area contributed by atoms with Gasteiger partial charge in [-0.05, 0) is 31.5 Å². The number of nitrogens with zero attached hydrogens (tertiary/aromatic N) is 1. The minimum absolute atomic E-state index is 0.0231. The molecule has 1 saturated heterocycles. The molecule has 1 aliphatic rings. The first kappa shape index (κ1) is 25.7. The van der Waals surface area contributed by atoms with Crippen molar-refractivity contribution in [2.24, 2.45) is 0 Å². The Labute approximate surface area is 191 Å². The molecule has 7 heteroatoms. The molecule has 2 amide bonds. The zero-order valence-corrected chi connectivity index (χ0v) is 19.7. The van der Waals surface area contributed by atoms with Crippen molar-refractivity contribution in [1.82, 2.24) is 4.90 Å². The van der Waals surface area contributed by atoms with E-state index in [-0.39, 0.29) is 6.54 Å². The molecule has 0 aromatic heterocycles. The molecule has 0 spiro atoms. The normalized spacial score (nSPS) is 15.7. The van der Waals surface area contributed by atoms with Crippen LogP contribution < -0.4 is 4.74 Å². The second-order valence-corrected chi connectivity index (χ2v) is 8.29. The molecule has 0 N–H and O–H groups in total. The Bertz CT molecular complexity index is 763. The van der Waals surface area contributed by atoms with E-state index in [4.69, 9.17) is 14.2 Å². The summed E-state index contributed by atoms with van der Waals surface area (Å²) in [4.78, 5) is 37.5. The molecule has 178 valence electrons. The molecule has 0 bridgehead atoms. The summed E-state index contributed by atoms with van der Waals surface area (Å²) >= 11 is 0. The minimum atomic E-state index is -0.803. The lowest BCUT2D eigenvalue weighted by molar-refractivity contribution is -0.129. The summed E-state index contributed by atoms with van der Waals surface area (Å²) in [5.41, 5.74) is 0.904. The highest BCUT2D eigenvalue weighted by molar-refractivity contribution is 5.99. The average molecular weight is 448 g/mol. The van der Waals surface area contributed by atoms with Gasteiger partial charge in [-0.1, -0.05) is 64.7 Å². The Morgan fingerprint density at radius 3 is 2.19 bits per heavy atom. The Balaban J connectivity index is 1.75. The number of unbranched alkanes of at least 4 members (excludes halogenated alkanes) is 9. The maximum atomic E-state index is 12.4. The van der Waals surface area contributed by atoms with Crippen LogP contribution in [0.25, 0.3) is 0 Å². The number of methoxy groups -OCH3 is 1. The number of hydrogen-bond donors (Lipinski definition) is 0. The summed E-state index contributed by atoms with van der Waals surface area (Å²) in [6.45, 7) is 4.11. The first-order valence-electron chi connectivity index (χ1n) is 11.8. The molecule has 1 aromatic carbocycles. The van der Waals surface area contributed by atoms with Gasteiger partial charge in [0.2, 0.25) is 0 Å². The quantitative estimate of drug-likeness (QED) is 0.256. The van der Waals surface area contributed by atoms with Gasteiger partial charge >= 0.3 is 12.1 Å². The predicted octanol–water partition coefficient (Wildman–Crippen LogP) is 5.64. The number of esters is 1. The van der Waals surface area contributed by atoms with E-state index in [2.05, 4.69) is 6.92 Å². The molecule has 0 saturated carbocycles. The van der Waals surface area contributed by atoms with Gasteiger partial charge < -0.3 is 14.2 Å². The van der Waals surface area contributed by atoms with E-state index in [0.29, 0.717) is 23.5 Å². The van der Waals surface area contributed by atoms with Gasteiger partial charge in [0.25, 0.3) is 5.91 Å². The molecule has 32 heavy (non-hydrogen) atoms. The molecule has 0 radical (unpaired) electrons. The predicted molar refractivity (Wildman–Crippen MR) is 122 cm³/mol. The van der Waals surface area contributed by atoms with E-state index >= 15 is 0 Å². The molecule has 1 heterocycles. The summed E-state index contributed by atoms with van der Waals surface area (Å²) in [7, 11) is 1.49. The van der Waals surface area contributed by atoms with Crippen molar-refractivity contribution in [2.75, 3.05) is 13.7 Å². The number of benzene rings is 1. The van der Waals surface area contributed by atoms with Crippen molar-refractivity contribution in [3.8, 4) is 5.75 Å². The number of rotatable bonds is 15. The number of amides is 2. The Hall–Kier alpha value is -2.57. The van der Waals surface area contributed by atoms with Crippen LogP contribution in [0.2, 0.25) is 0 Å². The first-order valence-corrected chi connectivity index (χ1v) is 11.8. The van der Waals surface area contributed by atoms with Crippen molar-refractivity contribution in [3.05, 3.63) is 29.3 Å². The van der Waals surface area contributed by atoms with Crippen LogP contribution in [0.1, 0.15) is 94.0 Å². The third-order valence-electron chi connectivity index (χ3n) is 5.69. The number of ether oxygens (including phenoxy) is 3. The maximum Gasteiger partial charge on any atom is 0.417 e. The Morgan fingerprint density at radius 1 is 1.00 bits per heavy atom. The van der Waals surface area contributed by atoms with E-state index in [0.717, 1.165) is 24.2 Å². The van der Waals surface area contributed by atoms with Crippen LogP contribution in [0.15, 0.2) is 18.2 Å². The summed E-state index contributed by atoms with van der Waals surface area (Å²) in [5, 5.41) is 0. The summed E-state index contributed by atoms with van der Waals surface area (Å²) in [6.07, 6.45) is 10.7. The van der Waals surface area contributed by atoms with Crippen molar-refractivity contribution in [3.63, 3.8) is 0 Å². The molecule has 1 unspecified atom stereocenters. The minimum Gasteiger partial charge on any atom is -0.496 e. The van der Waals surface area contributed by atoms with Crippen molar-refractivity contribution < 1.29 is 28.6 Å². The second kappa shape index (κ2) is 13.8. The second-order valence-electron chi connectivity index (χ2n) is 8.29. The molecule has 1 fully saturated rings. The summed E-state index contributed by atoms with van der Waals surface area (Å²) < 4.78 is 15.7. The fraction of sp³-hybridized carbons (Fsp3) is 0.640. The molecule has 1 aromatic rings. The summed E-state index contributed by atoms with van der Waals surface area (Å²) in [5.74, 6) is -0.351. The molecule has 1 atom stereocenters.